The first kappa shape index (κ1) is 20.7. The zero-order valence-electron chi connectivity index (χ0n) is 14.9. The van der Waals surface area contributed by atoms with Crippen molar-refractivity contribution in [2.75, 3.05) is 13.1 Å². The van der Waals surface area contributed by atoms with E-state index in [1.54, 1.807) is 18.2 Å². The van der Waals surface area contributed by atoms with Crippen molar-refractivity contribution in [2.24, 2.45) is 5.73 Å². The highest BCUT2D eigenvalue weighted by Crippen LogP contribution is 2.31. The largest absolute Gasteiger partial charge is 0.389 e. The molecule has 1 heterocycles. The normalized spacial score (nSPS) is 17.4. The maximum absolute atomic E-state index is 13.9. The molecule has 9 heteroatoms. The molecular weight excluding hydrogens is 407 g/mol. The SMILES string of the molecule is NC(=O)c1cc(Cl)cc(S(=O)(=O)N2CCC(O)(Cc3ccccc3F)CC2)c1. The van der Waals surface area contributed by atoms with E-state index in [2.05, 4.69) is 0 Å². The molecule has 2 aromatic carbocycles. The summed E-state index contributed by atoms with van der Waals surface area (Å²) in [4.78, 5) is 11.3. The van der Waals surface area contributed by atoms with Gasteiger partial charge in [-0.1, -0.05) is 29.8 Å². The van der Waals surface area contributed by atoms with Crippen molar-refractivity contribution in [3.05, 3.63) is 64.4 Å². The molecule has 28 heavy (non-hydrogen) atoms. The maximum Gasteiger partial charge on any atom is 0.248 e. The molecule has 1 aliphatic rings. The van der Waals surface area contributed by atoms with E-state index in [0.29, 0.717) is 5.56 Å². The molecule has 0 aliphatic carbocycles. The highest BCUT2D eigenvalue weighted by Gasteiger charge is 2.37. The van der Waals surface area contributed by atoms with Crippen molar-refractivity contribution in [3.63, 3.8) is 0 Å². The molecule has 0 unspecified atom stereocenters. The van der Waals surface area contributed by atoms with Crippen molar-refractivity contribution < 1.29 is 22.7 Å². The second-order valence-corrected chi connectivity index (χ2v) is 9.31. The summed E-state index contributed by atoms with van der Waals surface area (Å²) in [5.74, 6) is -1.18. The Bertz CT molecular complexity index is 1000. The van der Waals surface area contributed by atoms with Crippen molar-refractivity contribution >= 4 is 27.5 Å². The van der Waals surface area contributed by atoms with Gasteiger partial charge in [-0.25, -0.2) is 12.8 Å². The second kappa shape index (κ2) is 7.79. The van der Waals surface area contributed by atoms with Gasteiger partial charge >= 0.3 is 0 Å². The number of carbonyl (C=O) groups is 1. The highest BCUT2D eigenvalue weighted by atomic mass is 35.5. The summed E-state index contributed by atoms with van der Waals surface area (Å²) in [6.45, 7) is 0.122. The van der Waals surface area contributed by atoms with Crippen LogP contribution in [-0.4, -0.2) is 42.4 Å². The van der Waals surface area contributed by atoms with Crippen LogP contribution in [0.3, 0.4) is 0 Å². The molecule has 0 aromatic heterocycles. The van der Waals surface area contributed by atoms with Crippen LogP contribution in [-0.2, 0) is 16.4 Å². The summed E-state index contributed by atoms with van der Waals surface area (Å²) in [6.07, 6.45) is 0.421. The number of nitrogens with zero attached hydrogens (tertiary/aromatic N) is 1. The molecule has 1 fully saturated rings. The van der Waals surface area contributed by atoms with Crippen LogP contribution in [0.5, 0.6) is 0 Å². The van der Waals surface area contributed by atoms with Crippen molar-refractivity contribution in [1.82, 2.24) is 4.31 Å². The average molecular weight is 427 g/mol. The predicted octanol–water partition coefficient (Wildman–Crippen LogP) is 2.34. The lowest BCUT2D eigenvalue weighted by Gasteiger charge is -2.37. The fourth-order valence-electron chi connectivity index (χ4n) is 3.32. The van der Waals surface area contributed by atoms with E-state index in [9.17, 15) is 22.7 Å². The number of aliphatic hydroxyl groups is 1. The molecule has 0 atom stereocenters. The first-order valence-corrected chi connectivity index (χ1v) is 10.5. The Kier molecular flexibility index (Phi) is 5.77. The van der Waals surface area contributed by atoms with Crippen LogP contribution in [0.4, 0.5) is 4.39 Å². The van der Waals surface area contributed by atoms with E-state index in [1.807, 2.05) is 0 Å². The van der Waals surface area contributed by atoms with Crippen LogP contribution in [0, 0.1) is 5.82 Å². The zero-order chi connectivity index (χ0) is 20.5. The molecule has 0 spiro atoms. The molecule has 1 saturated heterocycles. The molecule has 0 saturated carbocycles. The van der Waals surface area contributed by atoms with Crippen LogP contribution in [0.15, 0.2) is 47.4 Å². The molecule has 0 bridgehead atoms. The van der Waals surface area contributed by atoms with Crippen LogP contribution in [0.1, 0.15) is 28.8 Å². The third kappa shape index (κ3) is 4.35. The number of primary amides is 1. The van der Waals surface area contributed by atoms with Gasteiger partial charge in [-0.05, 0) is 42.7 Å². The lowest BCUT2D eigenvalue weighted by atomic mass is 9.86. The van der Waals surface area contributed by atoms with Crippen LogP contribution < -0.4 is 5.73 Å². The molecule has 3 rings (SSSR count). The number of amides is 1. The van der Waals surface area contributed by atoms with Crippen LogP contribution >= 0.6 is 11.6 Å². The minimum Gasteiger partial charge on any atom is -0.389 e. The summed E-state index contributed by atoms with van der Waals surface area (Å²) in [5, 5.41) is 10.9. The van der Waals surface area contributed by atoms with Gasteiger partial charge in [0.25, 0.3) is 0 Å². The fourth-order valence-corrected chi connectivity index (χ4v) is 5.13. The Morgan fingerprint density at radius 1 is 1.21 bits per heavy atom. The third-order valence-corrected chi connectivity index (χ3v) is 7.02. The van der Waals surface area contributed by atoms with E-state index >= 15 is 0 Å². The zero-order valence-corrected chi connectivity index (χ0v) is 16.5. The Hall–Kier alpha value is -2.00. The number of carbonyl (C=O) groups excluding carboxylic acids is 1. The first-order chi connectivity index (χ1) is 13.1. The van der Waals surface area contributed by atoms with Gasteiger partial charge in [-0.2, -0.15) is 4.31 Å². The summed E-state index contributed by atoms with van der Waals surface area (Å²) in [7, 11) is -3.92. The Morgan fingerprint density at radius 2 is 1.86 bits per heavy atom. The standard InChI is InChI=1S/C19H20ClFN2O4S/c20-15-9-14(18(22)24)10-16(11-15)28(26,27)23-7-5-19(25,6-8-23)12-13-3-1-2-4-17(13)21/h1-4,9-11,25H,5-8,12H2,(H2,22,24). The monoisotopic (exact) mass is 426 g/mol. The van der Waals surface area contributed by atoms with Gasteiger partial charge in [0.05, 0.1) is 10.5 Å². The number of sulfonamides is 1. The number of piperidine rings is 1. The van der Waals surface area contributed by atoms with Crippen LogP contribution in [0.2, 0.25) is 5.02 Å². The van der Waals surface area contributed by atoms with Gasteiger partial charge in [0.2, 0.25) is 15.9 Å². The minimum atomic E-state index is -3.92. The molecule has 1 amide bonds. The number of benzene rings is 2. The van der Waals surface area contributed by atoms with Crippen LogP contribution in [0.25, 0.3) is 0 Å². The van der Waals surface area contributed by atoms with E-state index in [4.69, 9.17) is 17.3 Å². The average Bonchev–Trinajstić information content (AvgIpc) is 2.63. The maximum atomic E-state index is 13.9. The third-order valence-electron chi connectivity index (χ3n) is 4.92. The van der Waals surface area contributed by atoms with Gasteiger partial charge < -0.3 is 10.8 Å². The van der Waals surface area contributed by atoms with Crippen molar-refractivity contribution in [3.8, 4) is 0 Å². The lowest BCUT2D eigenvalue weighted by Crippen LogP contribution is -2.47. The summed E-state index contributed by atoms with van der Waals surface area (Å²) < 4.78 is 40.9. The quantitative estimate of drug-likeness (QED) is 0.766. The van der Waals surface area contributed by atoms with Gasteiger partial charge in [0, 0.05) is 30.1 Å². The number of hydrogen-bond donors (Lipinski definition) is 2. The van der Waals surface area contributed by atoms with Crippen molar-refractivity contribution in [1.29, 1.82) is 0 Å². The fraction of sp³-hybridized carbons (Fsp3) is 0.316. The van der Waals surface area contributed by atoms with Gasteiger partial charge in [-0.3, -0.25) is 4.79 Å². The molecular formula is C19H20ClFN2O4S. The topological polar surface area (TPSA) is 101 Å². The predicted molar refractivity (Wildman–Crippen MR) is 103 cm³/mol. The van der Waals surface area contributed by atoms with Crippen molar-refractivity contribution in [2.45, 2.75) is 29.8 Å². The molecule has 0 radical (unpaired) electrons. The summed E-state index contributed by atoms with van der Waals surface area (Å²) in [5.41, 5.74) is 4.42. The summed E-state index contributed by atoms with van der Waals surface area (Å²) >= 11 is 5.92. The number of nitrogens with two attached hydrogens (primary N) is 1. The summed E-state index contributed by atoms with van der Waals surface area (Å²) in [6, 6.07) is 9.93. The molecule has 6 nitrogen and oxygen atoms in total. The van der Waals surface area contributed by atoms with E-state index in [-0.39, 0.29) is 47.8 Å². The minimum absolute atomic E-state index is 0.000794. The van der Waals surface area contributed by atoms with E-state index in [1.165, 1.54) is 28.6 Å². The number of rotatable bonds is 5. The molecule has 150 valence electrons. The van der Waals surface area contributed by atoms with Gasteiger partial charge in [-0.15, -0.1) is 0 Å². The molecule has 1 aliphatic heterocycles. The van der Waals surface area contributed by atoms with Gasteiger partial charge in [0.1, 0.15) is 5.82 Å². The molecule has 2 aromatic rings. The number of hydrogen-bond acceptors (Lipinski definition) is 4. The second-order valence-electron chi connectivity index (χ2n) is 6.94. The van der Waals surface area contributed by atoms with Gasteiger partial charge in [0.15, 0.2) is 0 Å². The number of halogens is 2. The molecule has 3 N–H and O–H groups in total. The Morgan fingerprint density at radius 3 is 2.46 bits per heavy atom. The smallest absolute Gasteiger partial charge is 0.248 e. The van der Waals surface area contributed by atoms with E-state index < -0.39 is 27.3 Å². The van der Waals surface area contributed by atoms with E-state index in [0.717, 1.165) is 0 Å². The lowest BCUT2D eigenvalue weighted by molar-refractivity contribution is -0.00506. The first-order valence-electron chi connectivity index (χ1n) is 8.67. The highest BCUT2D eigenvalue weighted by molar-refractivity contribution is 7.89. The Labute approximate surface area is 167 Å². The Balaban J connectivity index is 1.77.